The Morgan fingerprint density at radius 2 is 2.00 bits per heavy atom. The molecule has 0 aromatic heterocycles. The quantitative estimate of drug-likeness (QED) is 0.903. The van der Waals surface area contributed by atoms with Gasteiger partial charge in [0.25, 0.3) is 0 Å². The van der Waals surface area contributed by atoms with Gasteiger partial charge in [0, 0.05) is 41.3 Å². The molecule has 2 rings (SSSR count). The van der Waals surface area contributed by atoms with E-state index in [0.717, 1.165) is 29.7 Å². The van der Waals surface area contributed by atoms with Crippen LogP contribution in [0.2, 0.25) is 0 Å². The summed E-state index contributed by atoms with van der Waals surface area (Å²) in [5.41, 5.74) is 1.17. The second-order valence-corrected chi connectivity index (χ2v) is 7.00. The molecule has 106 valence electrons. The predicted molar refractivity (Wildman–Crippen MR) is 82.5 cm³/mol. The van der Waals surface area contributed by atoms with Crippen LogP contribution in [-0.4, -0.2) is 47.1 Å². The Hall–Kier alpha value is -0.580. The highest BCUT2D eigenvalue weighted by molar-refractivity contribution is 9.10. The summed E-state index contributed by atoms with van der Waals surface area (Å²) in [6, 6.07) is 5.88. The highest BCUT2D eigenvalue weighted by atomic mass is 79.9. The smallest absolute Gasteiger partial charge is 0.120 e. The number of benzene rings is 1. The average molecular weight is 327 g/mol. The molecule has 1 saturated heterocycles. The monoisotopic (exact) mass is 326 g/mol. The zero-order chi connectivity index (χ0) is 14.2. The molecule has 1 aliphatic heterocycles. The number of hydrogen-bond acceptors (Lipinski definition) is 3. The van der Waals surface area contributed by atoms with E-state index in [1.807, 2.05) is 12.1 Å². The lowest BCUT2D eigenvalue weighted by molar-refractivity contribution is 0.0197. The molecule has 0 aliphatic carbocycles. The Kier molecular flexibility index (Phi) is 4.23. The van der Waals surface area contributed by atoms with E-state index in [1.54, 1.807) is 6.07 Å². The van der Waals surface area contributed by atoms with Crippen LogP contribution in [-0.2, 0) is 0 Å². The van der Waals surface area contributed by atoms with Gasteiger partial charge in [0.2, 0.25) is 0 Å². The maximum absolute atomic E-state index is 10.1. The second kappa shape index (κ2) is 5.43. The first-order valence-electron chi connectivity index (χ1n) is 6.75. The summed E-state index contributed by atoms with van der Waals surface area (Å²) >= 11 is 3.48. The van der Waals surface area contributed by atoms with Crippen LogP contribution in [0.1, 0.15) is 32.4 Å². The Morgan fingerprint density at radius 3 is 2.63 bits per heavy atom. The van der Waals surface area contributed by atoms with Crippen LogP contribution >= 0.6 is 15.9 Å². The van der Waals surface area contributed by atoms with Crippen molar-refractivity contribution in [1.29, 1.82) is 0 Å². The lowest BCUT2D eigenvalue weighted by atomic mass is 9.96. The minimum Gasteiger partial charge on any atom is -0.508 e. The van der Waals surface area contributed by atoms with Gasteiger partial charge in [0.1, 0.15) is 5.75 Å². The van der Waals surface area contributed by atoms with Crippen molar-refractivity contribution in [1.82, 2.24) is 9.80 Å². The summed E-state index contributed by atoms with van der Waals surface area (Å²) < 4.78 is 1.01. The van der Waals surface area contributed by atoms with Crippen molar-refractivity contribution in [2.24, 2.45) is 0 Å². The number of likely N-dealkylation sites (N-methyl/N-ethyl adjacent to an activating group) is 1. The SMILES string of the molecule is CC(c1cc(Br)ccc1O)N1CCN(C)C(C)(C)C1. The minimum absolute atomic E-state index is 0.175. The average Bonchev–Trinajstić information content (AvgIpc) is 2.35. The number of nitrogens with zero attached hydrogens (tertiary/aromatic N) is 2. The molecule has 1 fully saturated rings. The number of halogens is 1. The maximum atomic E-state index is 10.1. The topological polar surface area (TPSA) is 26.7 Å². The molecule has 19 heavy (non-hydrogen) atoms. The Labute approximate surface area is 124 Å². The van der Waals surface area contributed by atoms with Crippen LogP contribution in [0.25, 0.3) is 0 Å². The zero-order valence-corrected chi connectivity index (χ0v) is 13.7. The first-order chi connectivity index (χ1) is 8.81. The molecule has 1 N–H and O–H groups in total. The van der Waals surface area contributed by atoms with Gasteiger partial charge in [-0.2, -0.15) is 0 Å². The molecular weight excluding hydrogens is 304 g/mol. The number of phenols is 1. The van der Waals surface area contributed by atoms with Crippen LogP contribution in [0.5, 0.6) is 5.75 Å². The van der Waals surface area contributed by atoms with Gasteiger partial charge in [-0.1, -0.05) is 15.9 Å². The summed E-state index contributed by atoms with van der Waals surface area (Å²) in [5, 5.41) is 10.1. The van der Waals surface area contributed by atoms with E-state index in [9.17, 15) is 5.11 Å². The number of rotatable bonds is 2. The molecule has 0 radical (unpaired) electrons. The van der Waals surface area contributed by atoms with Crippen LogP contribution in [0.15, 0.2) is 22.7 Å². The minimum atomic E-state index is 0.175. The molecule has 1 aromatic carbocycles. The Bertz CT molecular complexity index is 461. The van der Waals surface area contributed by atoms with Crippen molar-refractivity contribution in [3.8, 4) is 5.75 Å². The molecule has 1 atom stereocenters. The van der Waals surface area contributed by atoms with E-state index in [0.29, 0.717) is 5.75 Å². The number of phenolic OH excluding ortho intramolecular Hbond substituents is 1. The van der Waals surface area contributed by atoms with Crippen molar-refractivity contribution in [3.63, 3.8) is 0 Å². The van der Waals surface area contributed by atoms with Crippen LogP contribution in [0.3, 0.4) is 0 Å². The van der Waals surface area contributed by atoms with E-state index < -0.39 is 0 Å². The fourth-order valence-electron chi connectivity index (χ4n) is 2.67. The third-order valence-electron chi connectivity index (χ3n) is 4.33. The van der Waals surface area contributed by atoms with Crippen LogP contribution < -0.4 is 0 Å². The van der Waals surface area contributed by atoms with Crippen LogP contribution in [0.4, 0.5) is 0 Å². The summed E-state index contributed by atoms with van der Waals surface area (Å²) in [6.45, 7) is 9.82. The highest BCUT2D eigenvalue weighted by Gasteiger charge is 2.33. The van der Waals surface area contributed by atoms with Crippen molar-refractivity contribution in [3.05, 3.63) is 28.2 Å². The number of piperazine rings is 1. The predicted octanol–water partition coefficient (Wildman–Crippen LogP) is 3.24. The molecule has 4 heteroatoms. The van der Waals surface area contributed by atoms with Crippen molar-refractivity contribution < 1.29 is 5.11 Å². The summed E-state index contributed by atoms with van der Waals surface area (Å²) in [4.78, 5) is 4.85. The van der Waals surface area contributed by atoms with E-state index >= 15 is 0 Å². The molecule has 0 saturated carbocycles. The molecular formula is C15H23BrN2O. The standard InChI is InChI=1S/C15H23BrN2O/c1-11(13-9-12(16)5-6-14(13)19)18-8-7-17(4)15(2,3)10-18/h5-6,9,11,19H,7-8,10H2,1-4H3. The largest absolute Gasteiger partial charge is 0.508 e. The maximum Gasteiger partial charge on any atom is 0.120 e. The molecule has 3 nitrogen and oxygen atoms in total. The van der Waals surface area contributed by atoms with Gasteiger partial charge in [-0.25, -0.2) is 0 Å². The van der Waals surface area contributed by atoms with Gasteiger partial charge in [-0.05, 0) is 46.0 Å². The molecule has 0 spiro atoms. The molecule has 1 aromatic rings. The Balaban J connectivity index is 2.20. The van der Waals surface area contributed by atoms with Crippen LogP contribution in [0, 0.1) is 0 Å². The van der Waals surface area contributed by atoms with E-state index in [2.05, 4.69) is 53.5 Å². The molecule has 0 bridgehead atoms. The zero-order valence-electron chi connectivity index (χ0n) is 12.2. The van der Waals surface area contributed by atoms with Gasteiger partial charge < -0.3 is 5.11 Å². The van der Waals surface area contributed by atoms with Gasteiger partial charge in [-0.3, -0.25) is 9.80 Å². The van der Waals surface area contributed by atoms with Crippen molar-refractivity contribution >= 4 is 15.9 Å². The van der Waals surface area contributed by atoms with E-state index in [4.69, 9.17) is 0 Å². The lowest BCUT2D eigenvalue weighted by Crippen LogP contribution is -2.57. The first-order valence-corrected chi connectivity index (χ1v) is 7.54. The van der Waals surface area contributed by atoms with Gasteiger partial charge in [-0.15, -0.1) is 0 Å². The summed E-state index contributed by atoms with van der Waals surface area (Å²) in [5.74, 6) is 0.382. The van der Waals surface area contributed by atoms with Gasteiger partial charge >= 0.3 is 0 Å². The lowest BCUT2D eigenvalue weighted by Gasteiger charge is -2.47. The molecule has 1 heterocycles. The summed E-state index contributed by atoms with van der Waals surface area (Å²) in [7, 11) is 2.18. The normalized spacial score (nSPS) is 22.4. The van der Waals surface area contributed by atoms with Crippen molar-refractivity contribution in [2.75, 3.05) is 26.7 Å². The molecule has 0 amide bonds. The van der Waals surface area contributed by atoms with E-state index in [1.165, 1.54) is 0 Å². The number of hydrogen-bond donors (Lipinski definition) is 1. The van der Waals surface area contributed by atoms with E-state index in [-0.39, 0.29) is 11.6 Å². The number of aromatic hydroxyl groups is 1. The van der Waals surface area contributed by atoms with Crippen molar-refractivity contribution in [2.45, 2.75) is 32.4 Å². The first kappa shape index (κ1) is 14.8. The Morgan fingerprint density at radius 1 is 1.32 bits per heavy atom. The van der Waals surface area contributed by atoms with Gasteiger partial charge in [0.15, 0.2) is 0 Å². The second-order valence-electron chi connectivity index (χ2n) is 6.08. The fourth-order valence-corrected chi connectivity index (χ4v) is 3.04. The fraction of sp³-hybridized carbons (Fsp3) is 0.600. The third kappa shape index (κ3) is 3.12. The third-order valence-corrected chi connectivity index (χ3v) is 4.83. The molecule has 1 unspecified atom stereocenters. The summed E-state index contributed by atoms with van der Waals surface area (Å²) in [6.07, 6.45) is 0. The highest BCUT2D eigenvalue weighted by Crippen LogP contribution is 2.33. The van der Waals surface area contributed by atoms with Gasteiger partial charge in [0.05, 0.1) is 0 Å². The molecule has 1 aliphatic rings.